The summed E-state index contributed by atoms with van der Waals surface area (Å²) in [6, 6.07) is 6.01. The Morgan fingerprint density at radius 3 is 2.61 bits per heavy atom. The molecule has 2 aromatic rings. The number of carbonyl (C=O) groups excluding carboxylic acids is 2. The second-order valence-electron chi connectivity index (χ2n) is 6.27. The summed E-state index contributed by atoms with van der Waals surface area (Å²) in [7, 11) is 0. The highest BCUT2D eigenvalue weighted by Gasteiger charge is 2.44. The van der Waals surface area contributed by atoms with E-state index in [2.05, 4.69) is 5.32 Å². The smallest absolute Gasteiger partial charge is 0.360 e. The molecule has 1 fully saturated rings. The quantitative estimate of drug-likeness (QED) is 0.477. The Balaban J connectivity index is 1.76. The van der Waals surface area contributed by atoms with E-state index >= 15 is 0 Å². The lowest BCUT2D eigenvalue weighted by Crippen LogP contribution is -2.36. The van der Waals surface area contributed by atoms with Crippen molar-refractivity contribution in [3.8, 4) is 5.75 Å². The molecule has 3 N–H and O–H groups in total. The molecule has 1 aromatic carbocycles. The Kier molecular flexibility index (Phi) is 5.63. The molecule has 0 radical (unpaired) electrons. The highest BCUT2D eigenvalue weighted by Crippen LogP contribution is 2.27. The molecule has 1 amide bonds. The molecule has 2 unspecified atom stereocenters. The van der Waals surface area contributed by atoms with Crippen LogP contribution in [0.15, 0.2) is 33.5 Å². The third kappa shape index (κ3) is 4.30. The average molecular weight is 393 g/mol. The van der Waals surface area contributed by atoms with E-state index in [0.29, 0.717) is 5.39 Å². The van der Waals surface area contributed by atoms with E-state index in [-0.39, 0.29) is 23.6 Å². The molecule has 1 aromatic heterocycles. The summed E-state index contributed by atoms with van der Waals surface area (Å²) in [5, 5.41) is 23.0. The van der Waals surface area contributed by atoms with Gasteiger partial charge in [-0.1, -0.05) is 0 Å². The third-order valence-electron chi connectivity index (χ3n) is 4.04. The van der Waals surface area contributed by atoms with Crippen molar-refractivity contribution < 1.29 is 38.4 Å². The van der Waals surface area contributed by atoms with Gasteiger partial charge in [0.15, 0.2) is 0 Å². The number of amides is 1. The van der Waals surface area contributed by atoms with Gasteiger partial charge >= 0.3 is 11.6 Å². The van der Waals surface area contributed by atoms with Crippen LogP contribution in [0, 0.1) is 0 Å². The van der Waals surface area contributed by atoms with Crippen molar-refractivity contribution in [1.29, 1.82) is 0 Å². The lowest BCUT2D eigenvalue weighted by molar-refractivity contribution is -0.151. The van der Waals surface area contributed by atoms with Gasteiger partial charge in [0.2, 0.25) is 12.2 Å². The van der Waals surface area contributed by atoms with Crippen LogP contribution >= 0.6 is 0 Å². The minimum atomic E-state index is -1.37. The molecule has 28 heavy (non-hydrogen) atoms. The lowest BCUT2D eigenvalue weighted by Gasteiger charge is -2.17. The Hall–Kier alpha value is -2.95. The molecule has 150 valence electrons. The minimum Gasteiger partial charge on any atom is -0.463 e. The van der Waals surface area contributed by atoms with Gasteiger partial charge in [0, 0.05) is 25.3 Å². The number of aliphatic hydroxyl groups is 2. The zero-order valence-corrected chi connectivity index (χ0v) is 15.1. The Morgan fingerprint density at radius 2 is 1.93 bits per heavy atom. The van der Waals surface area contributed by atoms with Crippen molar-refractivity contribution in [3.63, 3.8) is 0 Å². The summed E-state index contributed by atoms with van der Waals surface area (Å²) in [5.74, 6) is -0.731. The maximum absolute atomic E-state index is 11.9. The van der Waals surface area contributed by atoms with Crippen LogP contribution in [0.3, 0.4) is 0 Å². The molecule has 0 aliphatic carbocycles. The van der Waals surface area contributed by atoms with Crippen molar-refractivity contribution in [3.05, 3.63) is 34.7 Å². The summed E-state index contributed by atoms with van der Waals surface area (Å²) >= 11 is 0. The van der Waals surface area contributed by atoms with Crippen LogP contribution < -0.4 is 15.7 Å². The molecule has 0 saturated carbocycles. The van der Waals surface area contributed by atoms with Crippen LogP contribution in [-0.4, -0.2) is 53.3 Å². The van der Waals surface area contributed by atoms with Gasteiger partial charge in [0.1, 0.15) is 41.9 Å². The van der Waals surface area contributed by atoms with Gasteiger partial charge < -0.3 is 34.2 Å². The number of carbonyl (C=O) groups is 2. The SMILES string of the molecule is CC(=O)Nc1cc2ccc(O[C@@H]3O[C@H](COC(C)=O)C(O)C3O)cc2oc1=O. The fourth-order valence-electron chi connectivity index (χ4n) is 2.72. The van der Waals surface area contributed by atoms with Crippen LogP contribution in [0.25, 0.3) is 11.0 Å². The van der Waals surface area contributed by atoms with E-state index in [9.17, 15) is 24.6 Å². The van der Waals surface area contributed by atoms with Crippen molar-refractivity contribution in [2.24, 2.45) is 0 Å². The first-order valence-corrected chi connectivity index (χ1v) is 8.41. The summed E-state index contributed by atoms with van der Waals surface area (Å²) in [6.07, 6.45) is -4.82. The molecule has 0 bridgehead atoms. The fourth-order valence-corrected chi connectivity index (χ4v) is 2.72. The van der Waals surface area contributed by atoms with Crippen LogP contribution in [0.1, 0.15) is 13.8 Å². The van der Waals surface area contributed by atoms with Crippen LogP contribution in [0.5, 0.6) is 5.75 Å². The summed E-state index contributed by atoms with van der Waals surface area (Å²) < 4.78 is 20.9. The number of nitrogens with one attached hydrogen (secondary N) is 1. The number of hydrogen-bond donors (Lipinski definition) is 3. The van der Waals surface area contributed by atoms with E-state index in [0.717, 1.165) is 0 Å². The largest absolute Gasteiger partial charge is 0.463 e. The molecule has 0 spiro atoms. The lowest BCUT2D eigenvalue weighted by atomic mass is 10.1. The van der Waals surface area contributed by atoms with E-state index in [1.807, 2.05) is 0 Å². The number of esters is 1. The maximum atomic E-state index is 11.9. The number of ether oxygens (including phenoxy) is 3. The van der Waals surface area contributed by atoms with E-state index in [4.69, 9.17) is 18.6 Å². The van der Waals surface area contributed by atoms with E-state index in [1.165, 1.54) is 26.0 Å². The van der Waals surface area contributed by atoms with Gasteiger partial charge in [-0.2, -0.15) is 0 Å². The average Bonchev–Trinajstić information content (AvgIpc) is 2.88. The maximum Gasteiger partial charge on any atom is 0.360 e. The van der Waals surface area contributed by atoms with Gasteiger partial charge in [0.05, 0.1) is 0 Å². The van der Waals surface area contributed by atoms with Gasteiger partial charge in [-0.15, -0.1) is 0 Å². The molecule has 10 nitrogen and oxygen atoms in total. The molecule has 3 rings (SSSR count). The molecular formula is C18H19NO9. The number of anilines is 1. The monoisotopic (exact) mass is 393 g/mol. The predicted octanol–water partition coefficient (Wildman–Crippen LogP) is 0.140. The van der Waals surface area contributed by atoms with E-state index < -0.39 is 42.1 Å². The number of benzene rings is 1. The van der Waals surface area contributed by atoms with E-state index in [1.54, 1.807) is 12.1 Å². The zero-order valence-electron chi connectivity index (χ0n) is 15.1. The van der Waals surface area contributed by atoms with Crippen molar-refractivity contribution >= 4 is 28.5 Å². The Morgan fingerprint density at radius 1 is 1.18 bits per heavy atom. The highest BCUT2D eigenvalue weighted by atomic mass is 16.7. The fraction of sp³-hybridized carbons (Fsp3) is 0.389. The van der Waals surface area contributed by atoms with Crippen molar-refractivity contribution in [2.45, 2.75) is 38.4 Å². The molecule has 2 heterocycles. The number of aliphatic hydroxyl groups excluding tert-OH is 2. The van der Waals surface area contributed by atoms with Crippen LogP contribution in [0.2, 0.25) is 0 Å². The summed E-state index contributed by atoms with van der Waals surface area (Å²) in [6.45, 7) is 2.26. The number of fused-ring (bicyclic) bond motifs is 1. The van der Waals surface area contributed by atoms with Gasteiger partial charge in [-0.25, -0.2) is 4.79 Å². The number of rotatable bonds is 5. The van der Waals surface area contributed by atoms with Gasteiger partial charge in [0.25, 0.3) is 0 Å². The third-order valence-corrected chi connectivity index (χ3v) is 4.04. The van der Waals surface area contributed by atoms with Crippen molar-refractivity contribution in [1.82, 2.24) is 0 Å². The molecule has 10 heteroatoms. The molecule has 1 saturated heterocycles. The topological polar surface area (TPSA) is 145 Å². The first kappa shape index (κ1) is 19.8. The molecule has 1 aliphatic rings. The van der Waals surface area contributed by atoms with Crippen LogP contribution in [-0.2, 0) is 19.1 Å². The zero-order chi connectivity index (χ0) is 20.4. The van der Waals surface area contributed by atoms with Crippen LogP contribution in [0.4, 0.5) is 5.69 Å². The predicted molar refractivity (Wildman–Crippen MR) is 94.7 cm³/mol. The van der Waals surface area contributed by atoms with Gasteiger partial charge in [-0.3, -0.25) is 9.59 Å². The minimum absolute atomic E-state index is 0.0136. The standard InChI is InChI=1S/C18H19NO9/c1-8(20)19-12-5-10-3-4-11(6-13(10)27-17(12)24)26-18-16(23)15(22)14(28-18)7-25-9(2)21/h3-6,14-16,18,22-23H,7H2,1-2H3,(H,19,20)/t14-,15?,16?,18-/m1/s1. The first-order chi connectivity index (χ1) is 13.2. The summed E-state index contributed by atoms with van der Waals surface area (Å²) in [5.41, 5.74) is -0.519. The Bertz CT molecular complexity index is 954. The number of hydrogen-bond acceptors (Lipinski definition) is 9. The normalized spacial score (nSPS) is 24.1. The molecule has 1 aliphatic heterocycles. The highest BCUT2D eigenvalue weighted by molar-refractivity contribution is 5.91. The second kappa shape index (κ2) is 7.97. The Labute approximate surface area is 158 Å². The van der Waals surface area contributed by atoms with Gasteiger partial charge in [-0.05, 0) is 18.2 Å². The first-order valence-electron chi connectivity index (χ1n) is 8.41. The van der Waals surface area contributed by atoms with Crippen molar-refractivity contribution in [2.75, 3.05) is 11.9 Å². The molecule has 4 atom stereocenters. The second-order valence-corrected chi connectivity index (χ2v) is 6.27. The molecular weight excluding hydrogens is 374 g/mol. The summed E-state index contributed by atoms with van der Waals surface area (Å²) in [4.78, 5) is 33.9.